The molecular formula is C9H11N5S. The molecule has 2 aromatic heterocycles. The van der Waals surface area contributed by atoms with Crippen molar-refractivity contribution in [2.45, 2.75) is 5.03 Å². The van der Waals surface area contributed by atoms with Gasteiger partial charge in [-0.3, -0.25) is 0 Å². The van der Waals surface area contributed by atoms with Gasteiger partial charge in [-0.1, -0.05) is 23.9 Å². The molecule has 0 amide bonds. The van der Waals surface area contributed by atoms with Crippen molar-refractivity contribution >= 4 is 22.9 Å². The summed E-state index contributed by atoms with van der Waals surface area (Å²) in [6.07, 6.45) is 3.12. The van der Waals surface area contributed by atoms with Gasteiger partial charge in [-0.2, -0.15) is 0 Å². The molecule has 78 valence electrons. The Morgan fingerprint density at radius 2 is 2.33 bits per heavy atom. The molecule has 0 atom stereocenters. The van der Waals surface area contributed by atoms with E-state index in [0.717, 1.165) is 21.9 Å². The largest absolute Gasteiger partial charge is 0.341 e. The number of rotatable bonds is 4. The average Bonchev–Trinajstić information content (AvgIpc) is 2.74. The minimum Gasteiger partial charge on any atom is -0.341 e. The van der Waals surface area contributed by atoms with Gasteiger partial charge in [-0.15, -0.1) is 0 Å². The lowest BCUT2D eigenvalue weighted by Crippen LogP contribution is -2.03. The molecule has 5 nitrogen and oxygen atoms in total. The molecule has 0 bridgehead atoms. The molecule has 0 fully saturated rings. The van der Waals surface area contributed by atoms with Crippen LogP contribution in [0.2, 0.25) is 0 Å². The van der Waals surface area contributed by atoms with Gasteiger partial charge in [-0.25, -0.2) is 15.0 Å². The number of aromatic nitrogens is 4. The number of nitrogens with one attached hydrogen (secondary N) is 1. The fourth-order valence-corrected chi connectivity index (χ4v) is 1.96. The summed E-state index contributed by atoms with van der Waals surface area (Å²) in [6, 6.07) is 0. The van der Waals surface area contributed by atoms with Crippen LogP contribution in [0.15, 0.2) is 29.8 Å². The standard InChI is InChI=1S/C9H11N5S/c1-6(2-10)3-15-9-7-8(12-4-11-7)13-5-14-9/h4-5H,1-3,10H2,(H,11,12,13,14). The van der Waals surface area contributed by atoms with Crippen LogP contribution in [0.1, 0.15) is 0 Å². The van der Waals surface area contributed by atoms with Crippen LogP contribution in [0, 0.1) is 0 Å². The van der Waals surface area contributed by atoms with Crippen LogP contribution in [-0.2, 0) is 0 Å². The zero-order chi connectivity index (χ0) is 10.7. The van der Waals surface area contributed by atoms with Gasteiger partial charge in [0.2, 0.25) is 0 Å². The highest BCUT2D eigenvalue weighted by molar-refractivity contribution is 7.99. The topological polar surface area (TPSA) is 80.5 Å². The fourth-order valence-electron chi connectivity index (χ4n) is 1.08. The molecule has 15 heavy (non-hydrogen) atoms. The van der Waals surface area contributed by atoms with Crippen LogP contribution in [-0.4, -0.2) is 32.2 Å². The van der Waals surface area contributed by atoms with E-state index < -0.39 is 0 Å². The van der Waals surface area contributed by atoms with Crippen LogP contribution < -0.4 is 5.73 Å². The average molecular weight is 221 g/mol. The van der Waals surface area contributed by atoms with E-state index in [1.807, 2.05) is 0 Å². The van der Waals surface area contributed by atoms with Gasteiger partial charge in [0.1, 0.15) is 16.9 Å². The highest BCUT2D eigenvalue weighted by Crippen LogP contribution is 2.22. The molecule has 0 aliphatic rings. The summed E-state index contributed by atoms with van der Waals surface area (Å²) in [5.41, 5.74) is 8.01. The third-order valence-electron chi connectivity index (χ3n) is 1.89. The number of hydrogen-bond donors (Lipinski definition) is 2. The second kappa shape index (κ2) is 4.41. The third-order valence-corrected chi connectivity index (χ3v) is 3.03. The number of nitrogens with zero attached hydrogens (tertiary/aromatic N) is 3. The first kappa shape index (κ1) is 10.1. The summed E-state index contributed by atoms with van der Waals surface area (Å²) >= 11 is 1.59. The molecule has 0 aliphatic heterocycles. The van der Waals surface area contributed by atoms with Crippen molar-refractivity contribution in [3.05, 3.63) is 24.8 Å². The second-order valence-corrected chi connectivity index (χ2v) is 3.99. The second-order valence-electron chi connectivity index (χ2n) is 3.02. The van der Waals surface area contributed by atoms with Gasteiger partial charge in [0.05, 0.1) is 6.33 Å². The molecule has 0 spiro atoms. The highest BCUT2D eigenvalue weighted by Gasteiger charge is 2.06. The minimum atomic E-state index is 0.504. The number of fused-ring (bicyclic) bond motifs is 1. The van der Waals surface area contributed by atoms with E-state index in [1.54, 1.807) is 18.1 Å². The Labute approximate surface area is 91.2 Å². The van der Waals surface area contributed by atoms with E-state index >= 15 is 0 Å². The number of nitrogens with two attached hydrogens (primary N) is 1. The van der Waals surface area contributed by atoms with E-state index in [1.165, 1.54) is 6.33 Å². The van der Waals surface area contributed by atoms with Gasteiger partial charge in [0.25, 0.3) is 0 Å². The third kappa shape index (κ3) is 2.16. The molecule has 0 aromatic carbocycles. The van der Waals surface area contributed by atoms with Crippen molar-refractivity contribution in [3.63, 3.8) is 0 Å². The molecule has 3 N–H and O–H groups in total. The molecule has 6 heteroatoms. The van der Waals surface area contributed by atoms with Crippen LogP contribution in [0.25, 0.3) is 11.2 Å². The summed E-state index contributed by atoms with van der Waals surface area (Å²) in [6.45, 7) is 4.35. The summed E-state index contributed by atoms with van der Waals surface area (Å²) in [4.78, 5) is 15.3. The number of H-pyrrole nitrogens is 1. The molecular weight excluding hydrogens is 210 g/mol. The van der Waals surface area contributed by atoms with E-state index in [2.05, 4.69) is 26.5 Å². The first-order chi connectivity index (χ1) is 7.31. The van der Waals surface area contributed by atoms with Gasteiger partial charge in [0, 0.05) is 12.3 Å². The molecule has 2 aromatic rings. The van der Waals surface area contributed by atoms with Gasteiger partial charge < -0.3 is 10.7 Å². The Morgan fingerprint density at radius 1 is 1.47 bits per heavy atom. The maximum atomic E-state index is 5.46. The van der Waals surface area contributed by atoms with Crippen molar-refractivity contribution < 1.29 is 0 Å². The normalized spacial score (nSPS) is 10.7. The lowest BCUT2D eigenvalue weighted by molar-refractivity contribution is 1.08. The number of imidazole rings is 1. The first-order valence-electron chi connectivity index (χ1n) is 4.45. The summed E-state index contributed by atoms with van der Waals surface area (Å²) < 4.78 is 0. The van der Waals surface area contributed by atoms with Gasteiger partial charge in [0.15, 0.2) is 5.65 Å². The van der Waals surface area contributed by atoms with Crippen molar-refractivity contribution in [2.75, 3.05) is 12.3 Å². The summed E-state index contributed by atoms with van der Waals surface area (Å²) in [5.74, 6) is 0.766. The van der Waals surface area contributed by atoms with Crippen LogP contribution in [0.4, 0.5) is 0 Å². The first-order valence-corrected chi connectivity index (χ1v) is 5.43. The van der Waals surface area contributed by atoms with Crippen molar-refractivity contribution in [3.8, 4) is 0 Å². The Kier molecular flexibility index (Phi) is 2.98. The predicted molar refractivity (Wildman–Crippen MR) is 60.6 cm³/mol. The van der Waals surface area contributed by atoms with Crippen molar-refractivity contribution in [1.29, 1.82) is 0 Å². The van der Waals surface area contributed by atoms with Gasteiger partial charge >= 0.3 is 0 Å². The van der Waals surface area contributed by atoms with Crippen LogP contribution >= 0.6 is 11.8 Å². The maximum Gasteiger partial charge on any atom is 0.181 e. The molecule has 2 rings (SSSR count). The Bertz CT molecular complexity index is 478. The van der Waals surface area contributed by atoms with Crippen LogP contribution in [0.3, 0.4) is 0 Å². The quantitative estimate of drug-likeness (QED) is 0.456. The van der Waals surface area contributed by atoms with Gasteiger partial charge in [-0.05, 0) is 0 Å². The van der Waals surface area contributed by atoms with Crippen molar-refractivity contribution in [1.82, 2.24) is 19.9 Å². The number of hydrogen-bond acceptors (Lipinski definition) is 5. The SMILES string of the molecule is C=C(CN)CSc1ncnc2nc[nH]c12. The molecule has 0 aliphatic carbocycles. The molecule has 0 saturated heterocycles. The number of aromatic amines is 1. The Balaban J connectivity index is 2.20. The van der Waals surface area contributed by atoms with Crippen LogP contribution in [0.5, 0.6) is 0 Å². The lowest BCUT2D eigenvalue weighted by atomic mass is 10.4. The molecule has 0 saturated carbocycles. The lowest BCUT2D eigenvalue weighted by Gasteiger charge is -2.02. The molecule has 2 heterocycles. The minimum absolute atomic E-state index is 0.504. The predicted octanol–water partition coefficient (Wildman–Crippen LogP) is 0.960. The Hall–Kier alpha value is -1.40. The van der Waals surface area contributed by atoms with E-state index in [4.69, 9.17) is 5.73 Å². The fraction of sp³-hybridized carbons (Fsp3) is 0.222. The zero-order valence-electron chi connectivity index (χ0n) is 8.10. The van der Waals surface area contributed by atoms with E-state index in [9.17, 15) is 0 Å². The maximum absolute atomic E-state index is 5.46. The van der Waals surface area contributed by atoms with Crippen molar-refractivity contribution in [2.24, 2.45) is 5.73 Å². The summed E-state index contributed by atoms with van der Waals surface area (Å²) in [5, 5.41) is 0.882. The zero-order valence-corrected chi connectivity index (χ0v) is 8.92. The molecule has 0 unspecified atom stereocenters. The number of thioether (sulfide) groups is 1. The monoisotopic (exact) mass is 221 g/mol. The smallest absolute Gasteiger partial charge is 0.181 e. The summed E-state index contributed by atoms with van der Waals surface area (Å²) in [7, 11) is 0. The Morgan fingerprint density at radius 3 is 3.13 bits per heavy atom. The van der Waals surface area contributed by atoms with E-state index in [0.29, 0.717) is 12.2 Å². The van der Waals surface area contributed by atoms with E-state index in [-0.39, 0.29) is 0 Å². The molecule has 0 radical (unpaired) electrons. The highest BCUT2D eigenvalue weighted by atomic mass is 32.2.